The van der Waals surface area contributed by atoms with Crippen LogP contribution in [-0.2, 0) is 0 Å². The van der Waals surface area contributed by atoms with E-state index in [2.05, 4.69) is 28.1 Å². The quantitative estimate of drug-likeness (QED) is 0.517. The summed E-state index contributed by atoms with van der Waals surface area (Å²) in [6, 6.07) is 13.8. The maximum absolute atomic E-state index is 10.3. The van der Waals surface area contributed by atoms with Crippen LogP contribution in [0.5, 0.6) is 17.5 Å². The van der Waals surface area contributed by atoms with Crippen LogP contribution in [0.4, 0.5) is 23.3 Å². The lowest BCUT2D eigenvalue weighted by molar-refractivity contribution is 0.378. The molecule has 2 aromatic carbocycles. The first-order chi connectivity index (χ1) is 14.6. The van der Waals surface area contributed by atoms with E-state index < -0.39 is 0 Å². The second-order valence-corrected chi connectivity index (χ2v) is 6.20. The molecule has 154 valence electrons. The van der Waals surface area contributed by atoms with Crippen LogP contribution >= 0.6 is 0 Å². The van der Waals surface area contributed by atoms with Gasteiger partial charge in [0.25, 0.3) is 0 Å². The summed E-state index contributed by atoms with van der Waals surface area (Å²) >= 11 is 0. The van der Waals surface area contributed by atoms with Crippen molar-refractivity contribution < 1.29 is 14.9 Å². The highest BCUT2D eigenvalue weighted by Crippen LogP contribution is 2.35. The molecule has 0 fully saturated rings. The van der Waals surface area contributed by atoms with Crippen molar-refractivity contribution in [2.45, 2.75) is 0 Å². The average molecular weight is 405 g/mol. The minimum Gasteiger partial charge on any atom is -0.506 e. The third kappa shape index (κ3) is 4.33. The van der Waals surface area contributed by atoms with Crippen molar-refractivity contribution in [3.8, 4) is 17.5 Å². The lowest BCUT2D eigenvalue weighted by Gasteiger charge is -2.26. The highest BCUT2D eigenvalue weighted by Gasteiger charge is 2.21. The molecule has 8 heteroatoms. The highest BCUT2D eigenvalue weighted by molar-refractivity contribution is 5.68. The second kappa shape index (κ2) is 9.42. The molecule has 8 nitrogen and oxygen atoms in total. The van der Waals surface area contributed by atoms with Crippen molar-refractivity contribution in [1.82, 2.24) is 15.0 Å². The van der Waals surface area contributed by atoms with Crippen LogP contribution < -0.4 is 14.5 Å². The Morgan fingerprint density at radius 3 is 1.60 bits per heavy atom. The number of rotatable bonds is 9. The van der Waals surface area contributed by atoms with Crippen LogP contribution in [0.25, 0.3) is 0 Å². The molecule has 0 saturated heterocycles. The van der Waals surface area contributed by atoms with Gasteiger partial charge in [0.15, 0.2) is 0 Å². The van der Waals surface area contributed by atoms with E-state index in [1.54, 1.807) is 70.5 Å². The molecule has 3 rings (SSSR count). The Balaban J connectivity index is 2.16. The summed E-state index contributed by atoms with van der Waals surface area (Å²) in [5, 5.41) is 20.7. The second-order valence-electron chi connectivity index (χ2n) is 6.20. The summed E-state index contributed by atoms with van der Waals surface area (Å²) in [6.07, 6.45) is 3.35. The molecule has 0 bridgehead atoms. The van der Waals surface area contributed by atoms with Gasteiger partial charge >= 0.3 is 6.01 Å². The fourth-order valence-corrected chi connectivity index (χ4v) is 2.89. The van der Waals surface area contributed by atoms with E-state index >= 15 is 0 Å². The molecule has 3 aromatic rings. The number of para-hydroxylation sites is 4. The number of benzene rings is 2. The van der Waals surface area contributed by atoms with E-state index in [-0.39, 0.29) is 29.4 Å². The molecule has 0 aliphatic rings. The van der Waals surface area contributed by atoms with Crippen molar-refractivity contribution in [2.24, 2.45) is 0 Å². The number of anilines is 4. The Bertz CT molecular complexity index is 963. The lowest BCUT2D eigenvalue weighted by Crippen LogP contribution is -2.24. The number of methoxy groups -OCH3 is 1. The molecule has 0 radical (unpaired) electrons. The minimum atomic E-state index is 0.0731. The zero-order valence-electron chi connectivity index (χ0n) is 16.6. The minimum absolute atomic E-state index is 0.0731. The van der Waals surface area contributed by atoms with Crippen LogP contribution in [0.3, 0.4) is 0 Å². The predicted octanol–water partition coefficient (Wildman–Crippen LogP) is 3.94. The van der Waals surface area contributed by atoms with Gasteiger partial charge in [0, 0.05) is 13.1 Å². The van der Waals surface area contributed by atoms with Gasteiger partial charge in [-0.2, -0.15) is 15.0 Å². The number of aromatic nitrogens is 3. The van der Waals surface area contributed by atoms with Crippen LogP contribution in [0.2, 0.25) is 0 Å². The molecule has 0 saturated carbocycles. The van der Waals surface area contributed by atoms with Crippen molar-refractivity contribution in [3.63, 3.8) is 0 Å². The Hall–Kier alpha value is -4.07. The molecule has 0 atom stereocenters. The van der Waals surface area contributed by atoms with Gasteiger partial charge in [0.1, 0.15) is 11.5 Å². The Morgan fingerprint density at radius 1 is 0.800 bits per heavy atom. The molecule has 0 amide bonds. The van der Waals surface area contributed by atoms with Crippen LogP contribution in [-0.4, -0.2) is 45.4 Å². The maximum atomic E-state index is 10.3. The number of phenolic OH excluding ortho intramolecular Hbond substituents is 2. The molecule has 0 spiro atoms. The molecule has 0 unspecified atom stereocenters. The van der Waals surface area contributed by atoms with Crippen LogP contribution in [0, 0.1) is 0 Å². The topological polar surface area (TPSA) is 94.8 Å². The standard InChI is InChI=1S/C22H23N5O3/c1-4-14-26(16-10-6-8-12-18(16)28)20-23-21(25-22(24-20)30-3)27(15-5-2)17-11-7-9-13-19(17)29/h4-13,28-29H,1-2,14-15H2,3H3. The molecule has 1 aromatic heterocycles. The van der Waals surface area contributed by atoms with Crippen molar-refractivity contribution in [3.05, 3.63) is 73.8 Å². The van der Waals surface area contributed by atoms with E-state index in [0.717, 1.165) is 0 Å². The number of aromatic hydroxyl groups is 2. The largest absolute Gasteiger partial charge is 0.506 e. The van der Waals surface area contributed by atoms with E-state index in [1.165, 1.54) is 7.11 Å². The Labute approximate surface area is 175 Å². The number of nitrogens with zero attached hydrogens (tertiary/aromatic N) is 5. The molecule has 2 N–H and O–H groups in total. The monoisotopic (exact) mass is 405 g/mol. The normalized spacial score (nSPS) is 10.3. The van der Waals surface area contributed by atoms with Gasteiger partial charge < -0.3 is 24.7 Å². The van der Waals surface area contributed by atoms with Gasteiger partial charge in [0.2, 0.25) is 11.9 Å². The molecule has 1 heterocycles. The van der Waals surface area contributed by atoms with E-state index in [1.807, 2.05) is 0 Å². The maximum Gasteiger partial charge on any atom is 0.322 e. The van der Waals surface area contributed by atoms with Crippen molar-refractivity contribution in [1.29, 1.82) is 0 Å². The van der Waals surface area contributed by atoms with Crippen LogP contribution in [0.1, 0.15) is 0 Å². The summed E-state index contributed by atoms with van der Waals surface area (Å²) in [4.78, 5) is 16.7. The third-order valence-electron chi connectivity index (χ3n) is 4.23. The summed E-state index contributed by atoms with van der Waals surface area (Å²) in [5.74, 6) is 0.651. The fraction of sp³-hybridized carbons (Fsp3) is 0.136. The van der Waals surface area contributed by atoms with Gasteiger partial charge in [-0.15, -0.1) is 13.2 Å². The van der Waals surface area contributed by atoms with Gasteiger partial charge in [-0.3, -0.25) is 0 Å². The SMILES string of the molecule is C=CCN(c1nc(OC)nc(N(CC=C)c2ccccc2O)n1)c1ccccc1O. The molecule has 0 aliphatic carbocycles. The molecule has 30 heavy (non-hydrogen) atoms. The van der Waals surface area contributed by atoms with Crippen molar-refractivity contribution in [2.75, 3.05) is 30.0 Å². The van der Waals surface area contributed by atoms with Gasteiger partial charge in [-0.1, -0.05) is 36.4 Å². The summed E-state index contributed by atoms with van der Waals surface area (Å²) < 4.78 is 5.29. The summed E-state index contributed by atoms with van der Waals surface area (Å²) in [6.45, 7) is 8.25. The zero-order chi connectivity index (χ0) is 21.5. The number of hydrogen-bond acceptors (Lipinski definition) is 8. The zero-order valence-corrected chi connectivity index (χ0v) is 16.6. The molecular formula is C22H23N5O3. The van der Waals surface area contributed by atoms with Crippen molar-refractivity contribution >= 4 is 23.3 Å². The Kier molecular flexibility index (Phi) is 6.49. The van der Waals surface area contributed by atoms with E-state index in [0.29, 0.717) is 24.5 Å². The number of phenols is 2. The third-order valence-corrected chi connectivity index (χ3v) is 4.23. The van der Waals surface area contributed by atoms with E-state index in [4.69, 9.17) is 4.74 Å². The first-order valence-corrected chi connectivity index (χ1v) is 9.22. The first-order valence-electron chi connectivity index (χ1n) is 9.22. The lowest BCUT2D eigenvalue weighted by atomic mass is 10.2. The van der Waals surface area contributed by atoms with Gasteiger partial charge in [0.05, 0.1) is 18.5 Å². The van der Waals surface area contributed by atoms with Gasteiger partial charge in [-0.05, 0) is 24.3 Å². The summed E-state index contributed by atoms with van der Waals surface area (Å²) in [7, 11) is 1.46. The predicted molar refractivity (Wildman–Crippen MR) is 117 cm³/mol. The first kappa shape index (κ1) is 20.7. The van der Waals surface area contributed by atoms with Crippen LogP contribution in [0.15, 0.2) is 73.8 Å². The summed E-state index contributed by atoms with van der Waals surface area (Å²) in [5.41, 5.74) is 1.02. The van der Waals surface area contributed by atoms with Gasteiger partial charge in [-0.25, -0.2) is 0 Å². The molecular weight excluding hydrogens is 382 g/mol. The average Bonchev–Trinajstić information content (AvgIpc) is 2.77. The highest BCUT2D eigenvalue weighted by atomic mass is 16.5. The number of hydrogen-bond donors (Lipinski definition) is 2. The van der Waals surface area contributed by atoms with E-state index in [9.17, 15) is 10.2 Å². The number of ether oxygens (including phenoxy) is 1. The fourth-order valence-electron chi connectivity index (χ4n) is 2.89. The smallest absolute Gasteiger partial charge is 0.322 e. The molecule has 0 aliphatic heterocycles. The Morgan fingerprint density at radius 2 is 1.23 bits per heavy atom.